The second-order valence-electron chi connectivity index (χ2n) is 5.76. The zero-order chi connectivity index (χ0) is 16.4. The van der Waals surface area contributed by atoms with Crippen molar-refractivity contribution >= 4 is 29.4 Å². The van der Waals surface area contributed by atoms with Gasteiger partial charge in [0.25, 0.3) is 0 Å². The molecule has 0 radical (unpaired) electrons. The quantitative estimate of drug-likeness (QED) is 0.825. The lowest BCUT2D eigenvalue weighted by Crippen LogP contribution is -2.53. The Labute approximate surface area is 147 Å². The van der Waals surface area contributed by atoms with Crippen molar-refractivity contribution in [2.45, 2.75) is 13.0 Å². The third-order valence-electron chi connectivity index (χ3n) is 4.05. The van der Waals surface area contributed by atoms with Crippen LogP contribution in [0, 0.1) is 0 Å². The van der Waals surface area contributed by atoms with Crippen LogP contribution >= 0.6 is 12.4 Å². The summed E-state index contributed by atoms with van der Waals surface area (Å²) in [6.45, 7) is 4.33. The molecule has 1 fully saturated rings. The van der Waals surface area contributed by atoms with Crippen molar-refractivity contribution in [3.05, 3.63) is 24.7 Å². The first-order chi connectivity index (χ1) is 11.1. The van der Waals surface area contributed by atoms with Gasteiger partial charge in [-0.3, -0.25) is 0 Å². The number of likely N-dealkylation sites (N-methyl/N-ethyl adjacent to an activating group) is 1. The van der Waals surface area contributed by atoms with Crippen molar-refractivity contribution < 1.29 is 14.3 Å². The molecular weight excluding hydrogens is 332 g/mol. The molecule has 2 aromatic rings. The van der Waals surface area contributed by atoms with Crippen LogP contribution < -0.4 is 9.47 Å². The van der Waals surface area contributed by atoms with Crippen LogP contribution in [-0.2, 0) is 0 Å². The predicted molar refractivity (Wildman–Crippen MR) is 93.0 cm³/mol. The topological polar surface area (TPSA) is 67.8 Å². The van der Waals surface area contributed by atoms with Crippen molar-refractivity contribution in [1.82, 2.24) is 19.8 Å². The summed E-state index contributed by atoms with van der Waals surface area (Å²) in [5.74, 6) is 0.859. The summed E-state index contributed by atoms with van der Waals surface area (Å²) in [6.07, 6.45) is 2.79. The number of carbonyl (C=O) groups is 1. The number of piperazine rings is 1. The number of aromatic nitrogens is 2. The molecule has 8 heteroatoms. The monoisotopic (exact) mass is 352 g/mol. The number of methoxy groups -OCH3 is 1. The summed E-state index contributed by atoms with van der Waals surface area (Å²) in [5.41, 5.74) is 0.740. The Hall–Kier alpha value is -2.12. The predicted octanol–water partition coefficient (Wildman–Crippen LogP) is 2.19. The van der Waals surface area contributed by atoms with Crippen molar-refractivity contribution in [2.24, 2.45) is 0 Å². The maximum atomic E-state index is 12.5. The lowest BCUT2D eigenvalue weighted by atomic mass is 10.2. The van der Waals surface area contributed by atoms with Crippen LogP contribution in [0.5, 0.6) is 11.5 Å². The van der Waals surface area contributed by atoms with Crippen LogP contribution in [-0.4, -0.2) is 65.7 Å². The highest BCUT2D eigenvalue weighted by Gasteiger charge is 2.28. The minimum atomic E-state index is -0.361. The zero-order valence-electron chi connectivity index (χ0n) is 13.9. The van der Waals surface area contributed by atoms with Gasteiger partial charge in [-0.1, -0.05) is 0 Å². The zero-order valence-corrected chi connectivity index (χ0v) is 14.7. The number of amides is 1. The number of rotatable bonds is 2. The van der Waals surface area contributed by atoms with E-state index in [-0.39, 0.29) is 24.5 Å². The number of ether oxygens (including phenoxy) is 2. The molecule has 0 bridgehead atoms. The molecule has 1 aromatic carbocycles. The largest absolute Gasteiger partial charge is 0.493 e. The maximum absolute atomic E-state index is 12.5. The van der Waals surface area contributed by atoms with E-state index in [9.17, 15) is 4.79 Å². The first kappa shape index (κ1) is 18.2. The lowest BCUT2D eigenvalue weighted by molar-refractivity contribution is 0.0886. The van der Waals surface area contributed by atoms with E-state index in [1.165, 1.54) is 13.4 Å². The van der Waals surface area contributed by atoms with Crippen molar-refractivity contribution in [1.29, 1.82) is 0 Å². The van der Waals surface area contributed by atoms with E-state index in [1.54, 1.807) is 23.2 Å². The molecule has 1 saturated heterocycles. The highest BCUT2D eigenvalue weighted by atomic mass is 35.5. The van der Waals surface area contributed by atoms with E-state index in [0.29, 0.717) is 18.0 Å². The van der Waals surface area contributed by atoms with E-state index in [4.69, 9.17) is 9.47 Å². The summed E-state index contributed by atoms with van der Waals surface area (Å²) >= 11 is 0. The van der Waals surface area contributed by atoms with Gasteiger partial charge in [0.05, 0.1) is 12.6 Å². The SMILES string of the molecule is COc1cc2ncncc2cc1OC(=O)N1CCN(C)CC1C.Cl. The molecule has 24 heavy (non-hydrogen) atoms. The maximum Gasteiger partial charge on any atom is 0.415 e. The van der Waals surface area contributed by atoms with Crippen molar-refractivity contribution in [3.63, 3.8) is 0 Å². The molecule has 0 spiro atoms. The lowest BCUT2D eigenvalue weighted by Gasteiger charge is -2.37. The molecule has 1 aliphatic heterocycles. The van der Waals surface area contributed by atoms with E-state index in [1.807, 2.05) is 14.0 Å². The van der Waals surface area contributed by atoms with Gasteiger partial charge in [-0.15, -0.1) is 12.4 Å². The smallest absolute Gasteiger partial charge is 0.415 e. The molecule has 3 rings (SSSR count). The van der Waals surface area contributed by atoms with Gasteiger partial charge in [0.1, 0.15) is 6.33 Å². The molecule has 2 heterocycles. The molecule has 1 aromatic heterocycles. The fourth-order valence-corrected chi connectivity index (χ4v) is 2.79. The average molecular weight is 353 g/mol. The Kier molecular flexibility index (Phi) is 5.80. The number of benzene rings is 1. The Balaban J connectivity index is 0.00000208. The molecule has 1 aliphatic rings. The minimum Gasteiger partial charge on any atom is -0.493 e. The van der Waals surface area contributed by atoms with Crippen molar-refractivity contribution in [2.75, 3.05) is 33.8 Å². The molecule has 1 amide bonds. The van der Waals surface area contributed by atoms with Gasteiger partial charge < -0.3 is 19.3 Å². The fraction of sp³-hybridized carbons (Fsp3) is 0.438. The van der Waals surface area contributed by atoms with Crippen LogP contribution in [0.15, 0.2) is 24.7 Å². The number of halogens is 1. The fourth-order valence-electron chi connectivity index (χ4n) is 2.79. The molecule has 0 aliphatic carbocycles. The van der Waals surface area contributed by atoms with E-state index >= 15 is 0 Å². The van der Waals surface area contributed by atoms with Crippen LogP contribution in [0.4, 0.5) is 4.79 Å². The molecule has 1 atom stereocenters. The molecule has 130 valence electrons. The minimum absolute atomic E-state index is 0. The molecule has 7 nitrogen and oxygen atoms in total. The van der Waals surface area contributed by atoms with E-state index in [2.05, 4.69) is 14.9 Å². The van der Waals surface area contributed by atoms with E-state index < -0.39 is 0 Å². The first-order valence-electron chi connectivity index (χ1n) is 7.53. The Morgan fingerprint density at radius 2 is 2.08 bits per heavy atom. The Bertz CT molecular complexity index is 728. The number of fused-ring (bicyclic) bond motifs is 1. The standard InChI is InChI=1S/C16H20N4O3.ClH/c1-11-9-19(2)4-5-20(11)16(21)23-15-6-12-8-17-10-18-13(12)7-14(15)22-3;/h6-8,10-11H,4-5,9H2,1-3H3;1H. The summed E-state index contributed by atoms with van der Waals surface area (Å²) in [5, 5.41) is 0.794. The average Bonchev–Trinajstić information content (AvgIpc) is 2.54. The van der Waals surface area contributed by atoms with Crippen LogP contribution in [0.1, 0.15) is 6.92 Å². The number of hydrogen-bond donors (Lipinski definition) is 0. The van der Waals surface area contributed by atoms with Crippen LogP contribution in [0.2, 0.25) is 0 Å². The second-order valence-corrected chi connectivity index (χ2v) is 5.76. The van der Waals surface area contributed by atoms with Crippen LogP contribution in [0.3, 0.4) is 0 Å². The van der Waals surface area contributed by atoms with E-state index in [0.717, 1.165) is 24.0 Å². The Morgan fingerprint density at radius 3 is 2.79 bits per heavy atom. The molecule has 1 unspecified atom stereocenters. The highest BCUT2D eigenvalue weighted by Crippen LogP contribution is 2.31. The van der Waals surface area contributed by atoms with Crippen LogP contribution in [0.25, 0.3) is 10.9 Å². The van der Waals surface area contributed by atoms with Gasteiger partial charge in [-0.05, 0) is 20.0 Å². The summed E-state index contributed by atoms with van der Waals surface area (Å²) in [7, 11) is 3.59. The normalized spacial score (nSPS) is 18.1. The number of nitrogens with zero attached hydrogens (tertiary/aromatic N) is 4. The van der Waals surface area contributed by atoms with Crippen molar-refractivity contribution in [3.8, 4) is 11.5 Å². The third kappa shape index (κ3) is 3.68. The van der Waals surface area contributed by atoms with Gasteiger partial charge in [0.2, 0.25) is 0 Å². The highest BCUT2D eigenvalue weighted by molar-refractivity contribution is 5.85. The number of carbonyl (C=O) groups excluding carboxylic acids is 1. The number of hydrogen-bond acceptors (Lipinski definition) is 6. The second kappa shape index (κ2) is 7.63. The third-order valence-corrected chi connectivity index (χ3v) is 4.05. The summed E-state index contributed by atoms with van der Waals surface area (Å²) < 4.78 is 10.9. The van der Waals surface area contributed by atoms with Gasteiger partial charge in [0, 0.05) is 43.3 Å². The summed E-state index contributed by atoms with van der Waals surface area (Å²) in [4.78, 5) is 24.6. The molecule has 0 N–H and O–H groups in total. The van der Waals surface area contributed by atoms with Gasteiger partial charge in [-0.25, -0.2) is 14.8 Å². The van der Waals surface area contributed by atoms with Gasteiger partial charge in [0.15, 0.2) is 11.5 Å². The Morgan fingerprint density at radius 1 is 1.29 bits per heavy atom. The first-order valence-corrected chi connectivity index (χ1v) is 7.53. The van der Waals surface area contributed by atoms with Gasteiger partial charge >= 0.3 is 6.09 Å². The van der Waals surface area contributed by atoms with Gasteiger partial charge in [-0.2, -0.15) is 0 Å². The molecular formula is C16H21ClN4O3. The summed E-state index contributed by atoms with van der Waals surface area (Å²) in [6, 6.07) is 3.58. The molecule has 0 saturated carbocycles.